The number of oxazole rings is 1. The van der Waals surface area contributed by atoms with Crippen LogP contribution in [0.15, 0.2) is 34.7 Å². The Bertz CT molecular complexity index is 598. The van der Waals surface area contributed by atoms with Crippen molar-refractivity contribution >= 4 is 5.91 Å². The molecular weight excluding hydrogens is 268 g/mol. The third-order valence-corrected chi connectivity index (χ3v) is 3.41. The minimum absolute atomic E-state index is 0.0182. The Morgan fingerprint density at radius 2 is 2.00 bits per heavy atom. The summed E-state index contributed by atoms with van der Waals surface area (Å²) in [6.45, 7) is 5.53. The number of hydrogen-bond donors (Lipinski definition) is 2. The molecule has 5 nitrogen and oxygen atoms in total. The molecule has 0 saturated heterocycles. The van der Waals surface area contributed by atoms with E-state index in [2.05, 4.69) is 10.3 Å². The molecule has 0 fully saturated rings. The van der Waals surface area contributed by atoms with E-state index < -0.39 is 5.60 Å². The van der Waals surface area contributed by atoms with Crippen LogP contribution in [0.5, 0.6) is 0 Å². The number of aryl methyl sites for hydroxylation is 2. The van der Waals surface area contributed by atoms with Crippen molar-refractivity contribution in [2.75, 3.05) is 0 Å². The average Bonchev–Trinajstić information content (AvgIpc) is 2.76. The molecule has 1 aromatic heterocycles. The predicted octanol–water partition coefficient (Wildman–Crippen LogP) is 2.21. The van der Waals surface area contributed by atoms with E-state index in [-0.39, 0.29) is 18.9 Å². The van der Waals surface area contributed by atoms with Crippen LogP contribution >= 0.6 is 0 Å². The van der Waals surface area contributed by atoms with Crippen LogP contribution in [0.1, 0.15) is 36.3 Å². The molecule has 112 valence electrons. The number of rotatable bonds is 5. The van der Waals surface area contributed by atoms with E-state index in [9.17, 15) is 9.90 Å². The minimum Gasteiger partial charge on any atom is -0.444 e. The second-order valence-electron chi connectivity index (χ2n) is 5.34. The first-order valence-electron chi connectivity index (χ1n) is 6.86. The summed E-state index contributed by atoms with van der Waals surface area (Å²) in [6, 6.07) is 9.13. The van der Waals surface area contributed by atoms with E-state index in [1.165, 1.54) is 0 Å². The molecule has 2 rings (SSSR count). The van der Waals surface area contributed by atoms with Gasteiger partial charge in [-0.2, -0.15) is 0 Å². The molecule has 5 heteroatoms. The summed E-state index contributed by atoms with van der Waals surface area (Å²) in [5, 5.41) is 13.1. The van der Waals surface area contributed by atoms with Crippen molar-refractivity contribution < 1.29 is 14.3 Å². The van der Waals surface area contributed by atoms with Crippen molar-refractivity contribution in [3.63, 3.8) is 0 Å². The lowest BCUT2D eigenvalue weighted by Crippen LogP contribution is -2.32. The first-order chi connectivity index (χ1) is 9.88. The van der Waals surface area contributed by atoms with Crippen molar-refractivity contribution in [2.45, 2.75) is 39.3 Å². The highest BCUT2D eigenvalue weighted by Gasteiger charge is 2.26. The maximum atomic E-state index is 12.0. The fourth-order valence-corrected chi connectivity index (χ4v) is 2.06. The van der Waals surface area contributed by atoms with Gasteiger partial charge in [0.05, 0.1) is 24.3 Å². The van der Waals surface area contributed by atoms with Crippen molar-refractivity contribution in [1.82, 2.24) is 10.3 Å². The lowest BCUT2D eigenvalue weighted by atomic mass is 9.92. The van der Waals surface area contributed by atoms with E-state index in [4.69, 9.17) is 4.42 Å². The van der Waals surface area contributed by atoms with Crippen LogP contribution in [0.2, 0.25) is 0 Å². The Kier molecular flexibility index (Phi) is 4.43. The maximum Gasteiger partial charge on any atom is 0.223 e. The summed E-state index contributed by atoms with van der Waals surface area (Å²) in [5.74, 6) is 0.964. The van der Waals surface area contributed by atoms with Gasteiger partial charge in [0.2, 0.25) is 11.8 Å². The molecule has 2 aromatic rings. The Hall–Kier alpha value is -2.14. The molecule has 1 aromatic carbocycles. The van der Waals surface area contributed by atoms with Gasteiger partial charge in [-0.05, 0) is 26.3 Å². The third-order valence-electron chi connectivity index (χ3n) is 3.41. The molecular formula is C16H20N2O3. The van der Waals surface area contributed by atoms with E-state index in [1.54, 1.807) is 19.1 Å². The number of nitrogens with one attached hydrogen (secondary N) is 1. The van der Waals surface area contributed by atoms with Gasteiger partial charge in [0.1, 0.15) is 5.76 Å². The summed E-state index contributed by atoms with van der Waals surface area (Å²) in [5.41, 5.74) is 0.326. The third kappa shape index (κ3) is 3.92. The summed E-state index contributed by atoms with van der Waals surface area (Å²) in [7, 11) is 0. The largest absolute Gasteiger partial charge is 0.444 e. The van der Waals surface area contributed by atoms with E-state index in [0.29, 0.717) is 11.5 Å². The van der Waals surface area contributed by atoms with Gasteiger partial charge in [-0.25, -0.2) is 4.98 Å². The summed E-state index contributed by atoms with van der Waals surface area (Å²) < 4.78 is 5.39. The zero-order valence-corrected chi connectivity index (χ0v) is 12.5. The summed E-state index contributed by atoms with van der Waals surface area (Å²) in [6.07, 6.45) is -0.0182. The van der Waals surface area contributed by atoms with E-state index in [0.717, 1.165) is 11.5 Å². The van der Waals surface area contributed by atoms with E-state index in [1.807, 2.05) is 32.0 Å². The number of hydrogen-bond acceptors (Lipinski definition) is 4. The topological polar surface area (TPSA) is 75.4 Å². The number of amides is 1. The second kappa shape index (κ2) is 6.10. The molecule has 2 N–H and O–H groups in total. The molecule has 0 bridgehead atoms. The van der Waals surface area contributed by atoms with Gasteiger partial charge in [0.15, 0.2) is 0 Å². The van der Waals surface area contributed by atoms with Gasteiger partial charge in [0, 0.05) is 0 Å². The van der Waals surface area contributed by atoms with Gasteiger partial charge < -0.3 is 14.8 Å². The molecule has 1 atom stereocenters. The average molecular weight is 288 g/mol. The zero-order chi connectivity index (χ0) is 15.5. The molecule has 0 spiro atoms. The van der Waals surface area contributed by atoms with Crippen LogP contribution in [0, 0.1) is 13.8 Å². The van der Waals surface area contributed by atoms with Gasteiger partial charge in [0.25, 0.3) is 0 Å². The number of aliphatic hydroxyl groups is 1. The molecule has 0 saturated carbocycles. The Morgan fingerprint density at radius 3 is 2.57 bits per heavy atom. The normalized spacial score (nSPS) is 13.7. The van der Waals surface area contributed by atoms with Crippen molar-refractivity contribution in [1.29, 1.82) is 0 Å². The SMILES string of the molecule is Cc1nc(CNC(=O)CC(C)(O)c2ccccc2)oc1C. The van der Waals surface area contributed by atoms with Crippen molar-refractivity contribution in [2.24, 2.45) is 0 Å². The van der Waals surface area contributed by atoms with Crippen LogP contribution in [0.25, 0.3) is 0 Å². The standard InChI is InChI=1S/C16H20N2O3/c1-11-12(2)21-15(18-11)10-17-14(19)9-16(3,20)13-7-5-4-6-8-13/h4-8,20H,9-10H2,1-3H3,(H,17,19). The molecule has 0 aliphatic heterocycles. The van der Waals surface area contributed by atoms with Gasteiger partial charge >= 0.3 is 0 Å². The van der Waals surface area contributed by atoms with Crippen LogP contribution in [0.4, 0.5) is 0 Å². The number of benzene rings is 1. The summed E-state index contributed by atoms with van der Waals surface area (Å²) >= 11 is 0. The quantitative estimate of drug-likeness (QED) is 0.884. The first-order valence-corrected chi connectivity index (χ1v) is 6.86. The molecule has 0 aliphatic rings. The zero-order valence-electron chi connectivity index (χ0n) is 12.5. The van der Waals surface area contributed by atoms with Gasteiger partial charge in [-0.15, -0.1) is 0 Å². The number of nitrogens with zero attached hydrogens (tertiary/aromatic N) is 1. The maximum absolute atomic E-state index is 12.0. The predicted molar refractivity (Wildman–Crippen MR) is 78.5 cm³/mol. The fraction of sp³-hybridized carbons (Fsp3) is 0.375. The fourth-order valence-electron chi connectivity index (χ4n) is 2.06. The van der Waals surface area contributed by atoms with Crippen molar-refractivity contribution in [3.05, 3.63) is 53.2 Å². The van der Waals surface area contributed by atoms with Crippen LogP contribution < -0.4 is 5.32 Å². The molecule has 1 amide bonds. The Morgan fingerprint density at radius 1 is 1.33 bits per heavy atom. The van der Waals surface area contributed by atoms with Gasteiger partial charge in [-0.1, -0.05) is 30.3 Å². The van der Waals surface area contributed by atoms with Crippen molar-refractivity contribution in [3.8, 4) is 0 Å². The van der Waals surface area contributed by atoms with Crippen LogP contribution in [-0.2, 0) is 16.9 Å². The summed E-state index contributed by atoms with van der Waals surface area (Å²) in [4.78, 5) is 16.1. The molecule has 0 aliphatic carbocycles. The molecule has 1 heterocycles. The lowest BCUT2D eigenvalue weighted by Gasteiger charge is -2.23. The Balaban J connectivity index is 1.92. The number of carbonyl (C=O) groups is 1. The number of aromatic nitrogens is 1. The lowest BCUT2D eigenvalue weighted by molar-refractivity contribution is -0.126. The van der Waals surface area contributed by atoms with Crippen LogP contribution in [0.3, 0.4) is 0 Å². The molecule has 1 unspecified atom stereocenters. The smallest absolute Gasteiger partial charge is 0.223 e. The highest BCUT2D eigenvalue weighted by atomic mass is 16.4. The molecule has 0 radical (unpaired) electrons. The monoisotopic (exact) mass is 288 g/mol. The van der Waals surface area contributed by atoms with Gasteiger partial charge in [-0.3, -0.25) is 4.79 Å². The molecule has 21 heavy (non-hydrogen) atoms. The second-order valence-corrected chi connectivity index (χ2v) is 5.34. The number of carbonyl (C=O) groups excluding carboxylic acids is 1. The minimum atomic E-state index is -1.20. The Labute approximate surface area is 124 Å². The highest BCUT2D eigenvalue weighted by molar-refractivity contribution is 5.77. The first kappa shape index (κ1) is 15.3. The highest BCUT2D eigenvalue weighted by Crippen LogP contribution is 2.23. The van der Waals surface area contributed by atoms with Crippen LogP contribution in [-0.4, -0.2) is 16.0 Å². The van der Waals surface area contributed by atoms with E-state index >= 15 is 0 Å².